The minimum atomic E-state index is -0.717. The van der Waals surface area contributed by atoms with Crippen molar-refractivity contribution in [2.45, 2.75) is 31.3 Å². The van der Waals surface area contributed by atoms with Crippen LogP contribution in [0.4, 0.5) is 17.1 Å². The Hall–Kier alpha value is -3.96. The maximum Gasteiger partial charge on any atom is 0.178 e. The van der Waals surface area contributed by atoms with Gasteiger partial charge in [0.05, 0.1) is 13.2 Å². The van der Waals surface area contributed by atoms with E-state index in [0.717, 1.165) is 74.9 Å². The van der Waals surface area contributed by atoms with Crippen LogP contribution in [0.1, 0.15) is 42.4 Å². The van der Waals surface area contributed by atoms with Crippen LogP contribution in [-0.4, -0.2) is 52.5 Å². The van der Waals surface area contributed by atoms with Crippen molar-refractivity contribution in [1.29, 1.82) is 0 Å². The number of hydrogen-bond donors (Lipinski definition) is 0. The van der Waals surface area contributed by atoms with Gasteiger partial charge in [-0.3, -0.25) is 0 Å². The number of rotatable bonds is 5. The highest BCUT2D eigenvalue weighted by Gasteiger charge is 2.38. The van der Waals surface area contributed by atoms with Crippen molar-refractivity contribution >= 4 is 33.9 Å². The first-order valence-electron chi connectivity index (χ1n) is 15.8. The van der Waals surface area contributed by atoms with E-state index >= 15 is 0 Å². The number of hydrogen-bond acceptors (Lipinski definition) is 5. The van der Waals surface area contributed by atoms with Gasteiger partial charge in [0.2, 0.25) is 0 Å². The van der Waals surface area contributed by atoms with Crippen molar-refractivity contribution in [1.82, 2.24) is 0 Å². The zero-order chi connectivity index (χ0) is 27.9. The molecule has 0 spiro atoms. The summed E-state index contributed by atoms with van der Waals surface area (Å²) in [4.78, 5) is 7.44. The monoisotopic (exact) mass is 557 g/mol. The lowest BCUT2D eigenvalue weighted by atomic mass is 9.82. The summed E-state index contributed by atoms with van der Waals surface area (Å²) in [7, 11) is 0. The van der Waals surface area contributed by atoms with E-state index in [-0.39, 0.29) is 0 Å². The molecule has 3 saturated heterocycles. The second-order valence-corrected chi connectivity index (χ2v) is 12.1. The molecule has 0 amide bonds. The number of morpholine rings is 1. The molecule has 8 rings (SSSR count). The largest absolute Gasteiger partial charge is 0.473 e. The molecule has 0 unspecified atom stereocenters. The van der Waals surface area contributed by atoms with Crippen LogP contribution < -0.4 is 19.4 Å². The van der Waals surface area contributed by atoms with Gasteiger partial charge in [-0.1, -0.05) is 48.5 Å². The summed E-state index contributed by atoms with van der Waals surface area (Å²) in [6.45, 7) is 7.85. The third-order valence-corrected chi connectivity index (χ3v) is 9.67. The summed E-state index contributed by atoms with van der Waals surface area (Å²) in [5.41, 5.74) is 6.58. The molecule has 0 radical (unpaired) electrons. The standard InChI is InChI=1S/C37H39N3O2/c1-2-8-33-32(7-1)34-17-18-37(28-9-13-30(14-10-28)38-19-3-4-20-38,29-11-15-31(16-12-29)39-21-5-6-22-39)42-36(34)27-35(33)40-23-25-41-26-24-40/h1-2,7-18,27H,3-6,19-26H2. The number of benzene rings is 4. The van der Waals surface area contributed by atoms with Gasteiger partial charge in [0.25, 0.3) is 0 Å². The van der Waals surface area contributed by atoms with Gasteiger partial charge >= 0.3 is 0 Å². The number of fused-ring (bicyclic) bond motifs is 3. The maximum absolute atomic E-state index is 7.29. The van der Waals surface area contributed by atoms with E-state index in [4.69, 9.17) is 9.47 Å². The third kappa shape index (κ3) is 4.42. The summed E-state index contributed by atoms with van der Waals surface area (Å²) < 4.78 is 13.0. The van der Waals surface area contributed by atoms with Crippen molar-refractivity contribution < 1.29 is 9.47 Å². The smallest absolute Gasteiger partial charge is 0.178 e. The van der Waals surface area contributed by atoms with Crippen molar-refractivity contribution in [3.8, 4) is 5.75 Å². The van der Waals surface area contributed by atoms with Crippen molar-refractivity contribution in [3.63, 3.8) is 0 Å². The normalized spacial score (nSPS) is 19.8. The van der Waals surface area contributed by atoms with Gasteiger partial charge in [0, 0.05) is 84.5 Å². The van der Waals surface area contributed by atoms with Crippen LogP contribution in [0.5, 0.6) is 5.75 Å². The third-order valence-electron chi connectivity index (χ3n) is 9.67. The highest BCUT2D eigenvalue weighted by Crippen LogP contribution is 2.47. The Morgan fingerprint density at radius 3 is 1.69 bits per heavy atom. The molecule has 4 aromatic rings. The predicted octanol–water partition coefficient (Wildman–Crippen LogP) is 7.23. The van der Waals surface area contributed by atoms with Gasteiger partial charge in [0.15, 0.2) is 5.60 Å². The van der Waals surface area contributed by atoms with Gasteiger partial charge in [-0.15, -0.1) is 0 Å². The molecular weight excluding hydrogens is 518 g/mol. The van der Waals surface area contributed by atoms with Gasteiger partial charge in [-0.05, 0) is 67.5 Å². The molecule has 0 N–H and O–H groups in total. The fourth-order valence-corrected chi connectivity index (χ4v) is 7.35. The molecule has 0 bridgehead atoms. The second-order valence-electron chi connectivity index (χ2n) is 12.1. The average Bonchev–Trinajstić information content (AvgIpc) is 3.81. The van der Waals surface area contributed by atoms with Gasteiger partial charge in [-0.25, -0.2) is 0 Å². The summed E-state index contributed by atoms with van der Waals surface area (Å²) >= 11 is 0. The van der Waals surface area contributed by atoms with E-state index in [1.165, 1.54) is 53.5 Å². The first-order valence-corrected chi connectivity index (χ1v) is 15.8. The lowest BCUT2D eigenvalue weighted by Crippen LogP contribution is -2.37. The summed E-state index contributed by atoms with van der Waals surface area (Å²) in [5.74, 6) is 0.935. The molecule has 4 heterocycles. The molecule has 0 aliphatic carbocycles. The number of ether oxygens (including phenoxy) is 2. The minimum absolute atomic E-state index is 0.717. The Morgan fingerprint density at radius 2 is 1.12 bits per heavy atom. The second kappa shape index (κ2) is 10.7. The topological polar surface area (TPSA) is 28.2 Å². The van der Waals surface area contributed by atoms with E-state index in [9.17, 15) is 0 Å². The zero-order valence-corrected chi connectivity index (χ0v) is 24.3. The van der Waals surface area contributed by atoms with Crippen molar-refractivity contribution in [3.05, 3.63) is 102 Å². The lowest BCUT2D eigenvalue weighted by molar-refractivity contribution is 0.122. The number of nitrogens with zero attached hydrogens (tertiary/aromatic N) is 3. The molecule has 0 aromatic heterocycles. The molecular formula is C37H39N3O2. The highest BCUT2D eigenvalue weighted by atomic mass is 16.5. The Labute approximate surface area is 248 Å². The van der Waals surface area contributed by atoms with Crippen LogP contribution in [-0.2, 0) is 10.3 Å². The summed E-state index contributed by atoms with van der Waals surface area (Å²) in [6.07, 6.45) is 9.68. The fourth-order valence-electron chi connectivity index (χ4n) is 7.35. The molecule has 42 heavy (non-hydrogen) atoms. The molecule has 4 aliphatic rings. The van der Waals surface area contributed by atoms with E-state index < -0.39 is 5.60 Å². The summed E-state index contributed by atoms with van der Waals surface area (Å²) in [5, 5.41) is 2.50. The first kappa shape index (κ1) is 25.7. The first-order chi connectivity index (χ1) is 20.8. The van der Waals surface area contributed by atoms with Crippen molar-refractivity contribution in [2.24, 2.45) is 0 Å². The lowest BCUT2D eigenvalue weighted by Gasteiger charge is -2.38. The van der Waals surface area contributed by atoms with Crippen LogP contribution in [0.2, 0.25) is 0 Å². The van der Waals surface area contributed by atoms with Crippen LogP contribution in [0.3, 0.4) is 0 Å². The SMILES string of the molecule is C1=CC(c2ccc(N3CCCC3)cc2)(c2ccc(N3CCCC3)cc2)Oc2cc(N3CCOCC3)c3ccccc3c21. The molecule has 0 atom stereocenters. The molecule has 5 nitrogen and oxygen atoms in total. The van der Waals surface area contributed by atoms with Crippen molar-refractivity contribution in [2.75, 3.05) is 67.2 Å². The zero-order valence-electron chi connectivity index (χ0n) is 24.3. The Balaban J connectivity index is 1.25. The van der Waals surface area contributed by atoms with Crippen LogP contribution in [0.25, 0.3) is 16.8 Å². The molecule has 0 saturated carbocycles. The van der Waals surface area contributed by atoms with Crippen LogP contribution in [0, 0.1) is 0 Å². The van der Waals surface area contributed by atoms with Gasteiger partial charge in [0.1, 0.15) is 5.75 Å². The molecule has 4 aliphatic heterocycles. The minimum Gasteiger partial charge on any atom is -0.473 e. The molecule has 214 valence electrons. The average molecular weight is 558 g/mol. The van der Waals surface area contributed by atoms with Gasteiger partial charge < -0.3 is 24.2 Å². The molecule has 3 fully saturated rings. The quantitative estimate of drug-likeness (QED) is 0.258. The van der Waals surface area contributed by atoms with E-state index in [1.807, 2.05) is 0 Å². The Morgan fingerprint density at radius 1 is 0.571 bits per heavy atom. The van der Waals surface area contributed by atoms with Crippen LogP contribution >= 0.6 is 0 Å². The van der Waals surface area contributed by atoms with E-state index in [0.29, 0.717) is 0 Å². The summed E-state index contributed by atoms with van der Waals surface area (Å²) in [6, 6.07) is 29.3. The van der Waals surface area contributed by atoms with Gasteiger partial charge in [-0.2, -0.15) is 0 Å². The number of anilines is 3. The maximum atomic E-state index is 7.29. The van der Waals surface area contributed by atoms with Crippen LogP contribution in [0.15, 0.2) is 84.9 Å². The Bertz CT molecular complexity index is 1530. The molecule has 4 aromatic carbocycles. The van der Waals surface area contributed by atoms with E-state index in [1.54, 1.807) is 0 Å². The highest BCUT2D eigenvalue weighted by molar-refractivity contribution is 6.02. The fraction of sp³-hybridized carbons (Fsp3) is 0.351. The Kier molecular flexibility index (Phi) is 6.56. The van der Waals surface area contributed by atoms with E-state index in [2.05, 4.69) is 106 Å². The molecule has 5 heteroatoms. The predicted molar refractivity (Wildman–Crippen MR) is 173 cm³/mol.